The van der Waals surface area contributed by atoms with Gasteiger partial charge in [0, 0.05) is 46.9 Å². The van der Waals surface area contributed by atoms with E-state index in [-0.39, 0.29) is 5.91 Å². The summed E-state index contributed by atoms with van der Waals surface area (Å²) in [6, 6.07) is 12.4. The molecular weight excluding hydrogens is 406 g/mol. The SMILES string of the molecule is NC(=O)c1ccc(N2CCN(C(=O)c3cc(Cl)ccc3Br)CC2)cc1. The number of halogens is 2. The Morgan fingerprint density at radius 3 is 2.24 bits per heavy atom. The van der Waals surface area contributed by atoms with Crippen molar-refractivity contribution in [1.82, 2.24) is 4.90 Å². The summed E-state index contributed by atoms with van der Waals surface area (Å²) in [6.45, 7) is 2.68. The fourth-order valence-electron chi connectivity index (χ4n) is 2.84. The van der Waals surface area contributed by atoms with E-state index in [0.717, 1.165) is 23.2 Å². The second-order valence-electron chi connectivity index (χ2n) is 5.81. The average Bonchev–Trinajstić information content (AvgIpc) is 2.63. The molecular formula is C18H17BrClN3O2. The molecule has 0 unspecified atom stereocenters. The first-order chi connectivity index (χ1) is 12.0. The summed E-state index contributed by atoms with van der Waals surface area (Å²) in [4.78, 5) is 27.9. The first kappa shape index (κ1) is 17.8. The van der Waals surface area contributed by atoms with Crippen LogP contribution in [0.4, 0.5) is 5.69 Å². The van der Waals surface area contributed by atoms with Crippen LogP contribution < -0.4 is 10.6 Å². The number of piperazine rings is 1. The maximum Gasteiger partial charge on any atom is 0.255 e. The number of hydrogen-bond donors (Lipinski definition) is 1. The van der Waals surface area contributed by atoms with Crippen molar-refractivity contribution < 1.29 is 9.59 Å². The summed E-state index contributed by atoms with van der Waals surface area (Å²) in [7, 11) is 0. The van der Waals surface area contributed by atoms with Crippen LogP contribution in [-0.2, 0) is 0 Å². The van der Waals surface area contributed by atoms with E-state index >= 15 is 0 Å². The number of carbonyl (C=O) groups is 2. The minimum atomic E-state index is -0.436. The van der Waals surface area contributed by atoms with E-state index in [1.165, 1.54) is 0 Å². The van der Waals surface area contributed by atoms with Gasteiger partial charge in [0.15, 0.2) is 0 Å². The summed E-state index contributed by atoms with van der Waals surface area (Å²) in [5, 5.41) is 0.541. The van der Waals surface area contributed by atoms with Gasteiger partial charge in [-0.15, -0.1) is 0 Å². The van der Waals surface area contributed by atoms with Crippen LogP contribution in [0.2, 0.25) is 5.02 Å². The van der Waals surface area contributed by atoms with Crippen molar-refractivity contribution in [3.05, 3.63) is 63.1 Å². The third-order valence-corrected chi connectivity index (χ3v) is 5.17. The van der Waals surface area contributed by atoms with Crippen LogP contribution in [0.25, 0.3) is 0 Å². The number of hydrogen-bond acceptors (Lipinski definition) is 3. The number of nitrogens with zero attached hydrogens (tertiary/aromatic N) is 2. The molecule has 1 aliphatic rings. The first-order valence-corrected chi connectivity index (χ1v) is 9.02. The molecule has 0 radical (unpaired) electrons. The highest BCUT2D eigenvalue weighted by atomic mass is 79.9. The lowest BCUT2D eigenvalue weighted by Crippen LogP contribution is -2.48. The maximum absolute atomic E-state index is 12.7. The molecule has 2 aromatic carbocycles. The lowest BCUT2D eigenvalue weighted by atomic mass is 10.1. The van der Waals surface area contributed by atoms with Crippen LogP contribution in [0.3, 0.4) is 0 Å². The van der Waals surface area contributed by atoms with E-state index in [9.17, 15) is 9.59 Å². The van der Waals surface area contributed by atoms with Gasteiger partial charge in [0.1, 0.15) is 0 Å². The van der Waals surface area contributed by atoms with Crippen molar-refractivity contribution in [2.75, 3.05) is 31.1 Å². The molecule has 0 spiro atoms. The third kappa shape index (κ3) is 3.96. The van der Waals surface area contributed by atoms with Crippen molar-refractivity contribution in [1.29, 1.82) is 0 Å². The Morgan fingerprint density at radius 1 is 1.00 bits per heavy atom. The van der Waals surface area contributed by atoms with Crippen LogP contribution in [0.1, 0.15) is 20.7 Å². The molecule has 25 heavy (non-hydrogen) atoms. The molecule has 3 rings (SSSR count). The molecule has 1 saturated heterocycles. The van der Waals surface area contributed by atoms with E-state index in [1.807, 2.05) is 17.0 Å². The second-order valence-corrected chi connectivity index (χ2v) is 7.11. The number of carbonyl (C=O) groups excluding carboxylic acids is 2. The van der Waals surface area contributed by atoms with E-state index in [2.05, 4.69) is 20.8 Å². The van der Waals surface area contributed by atoms with E-state index in [4.69, 9.17) is 17.3 Å². The highest BCUT2D eigenvalue weighted by Crippen LogP contribution is 2.24. The number of primary amides is 1. The molecule has 1 heterocycles. The van der Waals surface area contributed by atoms with Gasteiger partial charge in [0.25, 0.3) is 5.91 Å². The topological polar surface area (TPSA) is 66.6 Å². The molecule has 0 aromatic heterocycles. The Labute approximate surface area is 159 Å². The van der Waals surface area contributed by atoms with Crippen molar-refractivity contribution in [3.63, 3.8) is 0 Å². The van der Waals surface area contributed by atoms with Crippen LogP contribution in [0.5, 0.6) is 0 Å². The monoisotopic (exact) mass is 421 g/mol. The third-order valence-electron chi connectivity index (χ3n) is 4.24. The normalized spacial score (nSPS) is 14.5. The molecule has 130 valence electrons. The summed E-state index contributed by atoms with van der Waals surface area (Å²) in [5.41, 5.74) is 7.34. The van der Waals surface area contributed by atoms with E-state index in [0.29, 0.717) is 29.2 Å². The van der Waals surface area contributed by atoms with Gasteiger partial charge in [-0.1, -0.05) is 11.6 Å². The minimum absolute atomic E-state index is 0.0295. The molecule has 0 saturated carbocycles. The zero-order chi connectivity index (χ0) is 18.0. The highest BCUT2D eigenvalue weighted by Gasteiger charge is 2.24. The Morgan fingerprint density at radius 2 is 1.64 bits per heavy atom. The van der Waals surface area contributed by atoms with Crippen molar-refractivity contribution in [2.24, 2.45) is 5.73 Å². The smallest absolute Gasteiger partial charge is 0.255 e. The number of anilines is 1. The molecule has 1 fully saturated rings. The largest absolute Gasteiger partial charge is 0.368 e. The Kier molecular flexibility index (Phi) is 5.30. The van der Waals surface area contributed by atoms with Crippen LogP contribution in [-0.4, -0.2) is 42.9 Å². The molecule has 1 aliphatic heterocycles. The molecule has 2 N–H and O–H groups in total. The van der Waals surface area contributed by atoms with Crippen LogP contribution >= 0.6 is 27.5 Å². The van der Waals surface area contributed by atoms with Crippen molar-refractivity contribution in [3.8, 4) is 0 Å². The number of nitrogens with two attached hydrogens (primary N) is 1. The molecule has 5 nitrogen and oxygen atoms in total. The lowest BCUT2D eigenvalue weighted by molar-refractivity contribution is 0.0745. The Balaban J connectivity index is 1.66. The number of benzene rings is 2. The quantitative estimate of drug-likeness (QED) is 0.826. The standard InChI is InChI=1S/C18H17BrClN3O2/c19-16-6-3-13(20)11-15(16)18(25)23-9-7-22(8-10-23)14-4-1-12(2-5-14)17(21)24/h1-6,11H,7-10H2,(H2,21,24). The Bertz CT molecular complexity index is 802. The van der Waals surface area contributed by atoms with Crippen LogP contribution in [0, 0.1) is 0 Å². The fourth-order valence-corrected chi connectivity index (χ4v) is 3.42. The summed E-state index contributed by atoms with van der Waals surface area (Å²) in [6.07, 6.45) is 0. The summed E-state index contributed by atoms with van der Waals surface area (Å²) < 4.78 is 0.742. The van der Waals surface area contributed by atoms with E-state index < -0.39 is 5.91 Å². The average molecular weight is 423 g/mol. The van der Waals surface area contributed by atoms with Gasteiger partial charge in [-0.3, -0.25) is 9.59 Å². The molecule has 2 aromatic rings. The van der Waals surface area contributed by atoms with Gasteiger partial charge in [-0.05, 0) is 58.4 Å². The number of amides is 2. The predicted molar refractivity (Wildman–Crippen MR) is 102 cm³/mol. The zero-order valence-electron chi connectivity index (χ0n) is 13.4. The summed E-state index contributed by atoms with van der Waals surface area (Å²) in [5.74, 6) is -0.466. The highest BCUT2D eigenvalue weighted by molar-refractivity contribution is 9.10. The predicted octanol–water partition coefficient (Wildman–Crippen LogP) is 3.16. The lowest BCUT2D eigenvalue weighted by Gasteiger charge is -2.36. The van der Waals surface area contributed by atoms with Gasteiger partial charge in [0.05, 0.1) is 5.56 Å². The van der Waals surface area contributed by atoms with Gasteiger partial charge in [0.2, 0.25) is 5.91 Å². The fraction of sp³-hybridized carbons (Fsp3) is 0.222. The van der Waals surface area contributed by atoms with Gasteiger partial charge in [-0.25, -0.2) is 0 Å². The summed E-state index contributed by atoms with van der Waals surface area (Å²) >= 11 is 9.42. The van der Waals surface area contributed by atoms with Crippen LogP contribution in [0.15, 0.2) is 46.9 Å². The molecule has 0 bridgehead atoms. The maximum atomic E-state index is 12.7. The molecule has 0 atom stereocenters. The molecule has 7 heteroatoms. The van der Waals surface area contributed by atoms with Gasteiger partial charge >= 0.3 is 0 Å². The first-order valence-electron chi connectivity index (χ1n) is 7.85. The van der Waals surface area contributed by atoms with E-state index in [1.54, 1.807) is 30.3 Å². The number of rotatable bonds is 3. The zero-order valence-corrected chi connectivity index (χ0v) is 15.8. The van der Waals surface area contributed by atoms with Gasteiger partial charge < -0.3 is 15.5 Å². The Hall–Kier alpha value is -2.05. The van der Waals surface area contributed by atoms with Crippen molar-refractivity contribution in [2.45, 2.75) is 0 Å². The molecule has 0 aliphatic carbocycles. The van der Waals surface area contributed by atoms with Crippen molar-refractivity contribution >= 4 is 45.0 Å². The minimum Gasteiger partial charge on any atom is -0.368 e. The van der Waals surface area contributed by atoms with Gasteiger partial charge in [-0.2, -0.15) is 0 Å². The second kappa shape index (κ2) is 7.45. The molecule has 2 amide bonds.